The lowest BCUT2D eigenvalue weighted by molar-refractivity contribution is -0.117. The Morgan fingerprint density at radius 2 is 2.28 bits per heavy atom. The highest BCUT2D eigenvalue weighted by atomic mass is 35.5. The molecular formula is C12H13ClN2O3. The molecule has 1 aromatic carbocycles. The van der Waals surface area contributed by atoms with Gasteiger partial charge in [0.05, 0.1) is 16.9 Å². The number of carbonyl (C=O) groups excluding carboxylic acids is 1. The normalized spacial score (nSPS) is 19.3. The van der Waals surface area contributed by atoms with E-state index in [1.807, 2.05) is 0 Å². The molecule has 0 aliphatic carbocycles. The predicted octanol–water partition coefficient (Wildman–Crippen LogP) is 1.56. The lowest BCUT2D eigenvalue weighted by Crippen LogP contribution is -2.26. The van der Waals surface area contributed by atoms with Crippen LogP contribution in [0.15, 0.2) is 18.2 Å². The first-order valence-corrected chi connectivity index (χ1v) is 6.06. The number of carboxylic acid groups (broad SMARTS) is 1. The predicted molar refractivity (Wildman–Crippen MR) is 69.0 cm³/mol. The van der Waals surface area contributed by atoms with E-state index in [1.165, 1.54) is 11.0 Å². The fourth-order valence-electron chi connectivity index (χ4n) is 2.09. The van der Waals surface area contributed by atoms with E-state index in [4.69, 9.17) is 22.4 Å². The van der Waals surface area contributed by atoms with E-state index in [0.717, 1.165) is 0 Å². The van der Waals surface area contributed by atoms with Gasteiger partial charge in [-0.05, 0) is 18.1 Å². The number of rotatable bonds is 3. The molecule has 1 amide bonds. The molecular weight excluding hydrogens is 256 g/mol. The third kappa shape index (κ3) is 2.13. The first kappa shape index (κ1) is 12.7. The number of aromatic carboxylic acids is 1. The molecule has 1 saturated heterocycles. The van der Waals surface area contributed by atoms with Crippen LogP contribution < -0.4 is 10.6 Å². The number of hydrogen-bond acceptors (Lipinski definition) is 3. The van der Waals surface area contributed by atoms with Gasteiger partial charge in [0.25, 0.3) is 0 Å². The van der Waals surface area contributed by atoms with Crippen molar-refractivity contribution in [2.75, 3.05) is 23.1 Å². The summed E-state index contributed by atoms with van der Waals surface area (Å²) in [6.07, 6.45) is 0.375. The SMILES string of the molecule is Nc1c(C(=O)O)cccc1N1CC(CCl)CC1=O. The van der Waals surface area contributed by atoms with Gasteiger partial charge in [-0.1, -0.05) is 6.07 Å². The van der Waals surface area contributed by atoms with Crippen LogP contribution in [-0.2, 0) is 4.79 Å². The number of carbonyl (C=O) groups is 2. The van der Waals surface area contributed by atoms with Crippen molar-refractivity contribution in [2.24, 2.45) is 5.92 Å². The van der Waals surface area contributed by atoms with Crippen LogP contribution in [0, 0.1) is 5.92 Å². The van der Waals surface area contributed by atoms with Gasteiger partial charge in [0.1, 0.15) is 0 Å². The van der Waals surface area contributed by atoms with Crippen LogP contribution in [0.1, 0.15) is 16.8 Å². The first-order valence-electron chi connectivity index (χ1n) is 5.52. The van der Waals surface area contributed by atoms with Crippen LogP contribution in [0.25, 0.3) is 0 Å². The summed E-state index contributed by atoms with van der Waals surface area (Å²) in [5.74, 6) is -0.683. The number of nitrogens with zero attached hydrogens (tertiary/aromatic N) is 1. The highest BCUT2D eigenvalue weighted by molar-refractivity contribution is 6.18. The molecule has 1 aliphatic heterocycles. The zero-order valence-electron chi connectivity index (χ0n) is 9.60. The van der Waals surface area contributed by atoms with Gasteiger partial charge in [-0.2, -0.15) is 0 Å². The Balaban J connectivity index is 2.37. The molecule has 6 heteroatoms. The maximum Gasteiger partial charge on any atom is 0.337 e. The molecule has 1 aliphatic rings. The van der Waals surface area contributed by atoms with Crippen LogP contribution >= 0.6 is 11.6 Å². The second kappa shape index (κ2) is 4.86. The standard InChI is InChI=1S/C12H13ClN2O3/c13-5-7-4-10(16)15(6-7)9-3-1-2-8(11(9)14)12(17)18/h1-3,7H,4-6,14H2,(H,17,18). The van der Waals surface area contributed by atoms with Crippen molar-refractivity contribution in [3.63, 3.8) is 0 Å². The smallest absolute Gasteiger partial charge is 0.337 e. The Bertz CT molecular complexity index is 504. The summed E-state index contributed by atoms with van der Waals surface area (Å²) in [5.41, 5.74) is 6.38. The van der Waals surface area contributed by atoms with E-state index in [0.29, 0.717) is 24.5 Å². The number of para-hydroxylation sites is 1. The number of hydrogen-bond donors (Lipinski definition) is 2. The Morgan fingerprint density at radius 1 is 1.56 bits per heavy atom. The molecule has 5 nitrogen and oxygen atoms in total. The van der Waals surface area contributed by atoms with E-state index < -0.39 is 5.97 Å². The Kier molecular flexibility index (Phi) is 3.43. The van der Waals surface area contributed by atoms with Gasteiger partial charge in [-0.3, -0.25) is 4.79 Å². The molecule has 0 aromatic heterocycles. The lowest BCUT2D eigenvalue weighted by Gasteiger charge is -2.19. The van der Waals surface area contributed by atoms with Crippen molar-refractivity contribution < 1.29 is 14.7 Å². The molecule has 0 spiro atoms. The van der Waals surface area contributed by atoms with E-state index in [-0.39, 0.29) is 23.1 Å². The third-order valence-corrected chi connectivity index (χ3v) is 3.46. The quantitative estimate of drug-likeness (QED) is 0.644. The summed E-state index contributed by atoms with van der Waals surface area (Å²) in [6, 6.07) is 4.65. The average Bonchev–Trinajstić information content (AvgIpc) is 2.70. The van der Waals surface area contributed by atoms with Gasteiger partial charge in [0, 0.05) is 18.8 Å². The highest BCUT2D eigenvalue weighted by Gasteiger charge is 2.31. The Morgan fingerprint density at radius 3 is 2.83 bits per heavy atom. The minimum absolute atomic E-state index is 0.00891. The third-order valence-electron chi connectivity index (χ3n) is 3.03. The molecule has 1 aromatic rings. The summed E-state index contributed by atoms with van der Waals surface area (Å²) in [4.78, 5) is 24.3. The molecule has 1 atom stereocenters. The molecule has 3 N–H and O–H groups in total. The molecule has 0 saturated carbocycles. The topological polar surface area (TPSA) is 83.6 Å². The van der Waals surface area contributed by atoms with E-state index in [2.05, 4.69) is 0 Å². The Labute approximate surface area is 109 Å². The van der Waals surface area contributed by atoms with Gasteiger partial charge in [0.2, 0.25) is 5.91 Å². The number of amides is 1. The average molecular weight is 269 g/mol. The summed E-state index contributed by atoms with van der Waals surface area (Å²) in [7, 11) is 0. The summed E-state index contributed by atoms with van der Waals surface area (Å²) >= 11 is 5.74. The molecule has 96 valence electrons. The first-order chi connectivity index (χ1) is 8.54. The molecule has 1 fully saturated rings. The van der Waals surface area contributed by atoms with Gasteiger partial charge in [0.15, 0.2) is 0 Å². The number of nitrogen functional groups attached to an aromatic ring is 1. The van der Waals surface area contributed by atoms with Gasteiger partial charge >= 0.3 is 5.97 Å². The maximum atomic E-state index is 11.8. The number of benzene rings is 1. The van der Waals surface area contributed by atoms with Crippen molar-refractivity contribution >= 4 is 34.9 Å². The van der Waals surface area contributed by atoms with E-state index >= 15 is 0 Å². The fourth-order valence-corrected chi connectivity index (χ4v) is 2.30. The Hall–Kier alpha value is -1.75. The van der Waals surface area contributed by atoms with Crippen molar-refractivity contribution in [3.05, 3.63) is 23.8 Å². The van der Waals surface area contributed by atoms with Crippen LogP contribution in [0.5, 0.6) is 0 Å². The number of carboxylic acids is 1. The molecule has 0 radical (unpaired) electrons. The molecule has 2 rings (SSSR count). The molecule has 1 heterocycles. The minimum atomic E-state index is -1.10. The van der Waals surface area contributed by atoms with Crippen molar-refractivity contribution in [1.82, 2.24) is 0 Å². The summed E-state index contributed by atoms with van der Waals surface area (Å²) in [6.45, 7) is 0.482. The number of anilines is 2. The van der Waals surface area contributed by atoms with Gasteiger partial charge in [-0.15, -0.1) is 11.6 Å². The number of halogens is 1. The van der Waals surface area contributed by atoms with Crippen LogP contribution in [0.4, 0.5) is 11.4 Å². The second-order valence-corrected chi connectivity index (χ2v) is 4.58. The van der Waals surface area contributed by atoms with Crippen molar-refractivity contribution in [2.45, 2.75) is 6.42 Å². The van der Waals surface area contributed by atoms with Crippen molar-refractivity contribution in [1.29, 1.82) is 0 Å². The minimum Gasteiger partial charge on any atom is -0.478 e. The monoisotopic (exact) mass is 268 g/mol. The number of nitrogens with two attached hydrogens (primary N) is 1. The van der Waals surface area contributed by atoms with Crippen molar-refractivity contribution in [3.8, 4) is 0 Å². The summed E-state index contributed by atoms with van der Waals surface area (Å²) < 4.78 is 0. The zero-order valence-corrected chi connectivity index (χ0v) is 10.4. The number of alkyl halides is 1. The maximum absolute atomic E-state index is 11.8. The fraction of sp³-hybridized carbons (Fsp3) is 0.333. The zero-order chi connectivity index (χ0) is 13.3. The van der Waals surface area contributed by atoms with Crippen LogP contribution in [-0.4, -0.2) is 29.4 Å². The van der Waals surface area contributed by atoms with E-state index in [1.54, 1.807) is 12.1 Å². The highest BCUT2D eigenvalue weighted by Crippen LogP contribution is 2.32. The van der Waals surface area contributed by atoms with Crippen LogP contribution in [0.3, 0.4) is 0 Å². The van der Waals surface area contributed by atoms with Gasteiger partial charge < -0.3 is 15.7 Å². The molecule has 18 heavy (non-hydrogen) atoms. The molecule has 0 bridgehead atoms. The van der Waals surface area contributed by atoms with E-state index in [9.17, 15) is 9.59 Å². The second-order valence-electron chi connectivity index (χ2n) is 4.27. The molecule has 1 unspecified atom stereocenters. The largest absolute Gasteiger partial charge is 0.478 e. The van der Waals surface area contributed by atoms with Gasteiger partial charge in [-0.25, -0.2) is 4.79 Å². The lowest BCUT2D eigenvalue weighted by atomic mass is 10.1. The summed E-state index contributed by atoms with van der Waals surface area (Å²) in [5, 5.41) is 8.99. The van der Waals surface area contributed by atoms with Crippen LogP contribution in [0.2, 0.25) is 0 Å².